The lowest BCUT2D eigenvalue weighted by atomic mass is 10.0. The Labute approximate surface area is 126 Å². The van der Waals surface area contributed by atoms with Crippen molar-refractivity contribution < 1.29 is 4.79 Å². The molecule has 0 bridgehead atoms. The third-order valence-electron chi connectivity index (χ3n) is 3.95. The van der Waals surface area contributed by atoms with Gasteiger partial charge in [-0.3, -0.25) is 4.79 Å². The van der Waals surface area contributed by atoms with Gasteiger partial charge in [-0.25, -0.2) is 0 Å². The van der Waals surface area contributed by atoms with Crippen molar-refractivity contribution in [1.29, 1.82) is 0 Å². The zero-order chi connectivity index (χ0) is 14.4. The normalized spacial score (nSPS) is 18.2. The summed E-state index contributed by atoms with van der Waals surface area (Å²) >= 11 is 5.88. The number of hydrogen-bond acceptors (Lipinski definition) is 2. The minimum Gasteiger partial charge on any atom is -0.339 e. The Morgan fingerprint density at radius 1 is 1.40 bits per heavy atom. The second-order valence-electron chi connectivity index (χ2n) is 5.43. The molecule has 20 heavy (non-hydrogen) atoms. The highest BCUT2D eigenvalue weighted by molar-refractivity contribution is 6.30. The summed E-state index contributed by atoms with van der Waals surface area (Å²) in [5.41, 5.74) is 1.13. The third-order valence-corrected chi connectivity index (χ3v) is 4.20. The largest absolute Gasteiger partial charge is 0.339 e. The van der Waals surface area contributed by atoms with Gasteiger partial charge in [-0.2, -0.15) is 0 Å². The molecule has 1 aromatic carbocycles. The smallest absolute Gasteiger partial charge is 0.222 e. The molecule has 1 fully saturated rings. The molecule has 0 aliphatic carbocycles. The van der Waals surface area contributed by atoms with Crippen molar-refractivity contribution in [1.82, 2.24) is 10.2 Å². The van der Waals surface area contributed by atoms with Crippen LogP contribution in [0.15, 0.2) is 24.3 Å². The monoisotopic (exact) mass is 294 g/mol. The van der Waals surface area contributed by atoms with Crippen molar-refractivity contribution >= 4 is 17.5 Å². The molecule has 1 unspecified atom stereocenters. The van der Waals surface area contributed by atoms with Gasteiger partial charge in [-0.15, -0.1) is 0 Å². The van der Waals surface area contributed by atoms with Gasteiger partial charge in [0.1, 0.15) is 0 Å². The molecule has 0 aromatic heterocycles. The molecule has 1 N–H and O–H groups in total. The lowest BCUT2D eigenvalue weighted by Gasteiger charge is -2.22. The van der Waals surface area contributed by atoms with E-state index in [2.05, 4.69) is 5.32 Å². The Morgan fingerprint density at radius 3 is 2.75 bits per heavy atom. The summed E-state index contributed by atoms with van der Waals surface area (Å²) in [6, 6.07) is 7.72. The van der Waals surface area contributed by atoms with Crippen LogP contribution in [0.5, 0.6) is 0 Å². The summed E-state index contributed by atoms with van der Waals surface area (Å²) in [7, 11) is 0. The first-order valence-electron chi connectivity index (χ1n) is 7.42. The highest BCUT2D eigenvalue weighted by Gasteiger charge is 2.18. The average molecular weight is 295 g/mol. The van der Waals surface area contributed by atoms with Crippen LogP contribution >= 0.6 is 11.6 Å². The van der Waals surface area contributed by atoms with Gasteiger partial charge < -0.3 is 10.2 Å². The number of rotatable bonds is 6. The Hall–Kier alpha value is -1.06. The van der Waals surface area contributed by atoms with E-state index in [1.165, 1.54) is 6.42 Å². The number of benzene rings is 1. The van der Waals surface area contributed by atoms with Crippen LogP contribution in [0, 0.1) is 5.92 Å². The Balaban J connectivity index is 1.83. The fourth-order valence-corrected chi connectivity index (χ4v) is 2.76. The van der Waals surface area contributed by atoms with E-state index in [0.29, 0.717) is 18.9 Å². The minimum atomic E-state index is 0.259. The number of amides is 1. The third kappa shape index (κ3) is 4.50. The summed E-state index contributed by atoms with van der Waals surface area (Å²) in [5, 5.41) is 4.08. The Morgan fingerprint density at radius 2 is 2.15 bits per heavy atom. The van der Waals surface area contributed by atoms with Crippen molar-refractivity contribution in [3.05, 3.63) is 34.9 Å². The minimum absolute atomic E-state index is 0.259. The van der Waals surface area contributed by atoms with Gasteiger partial charge in [-0.1, -0.05) is 23.7 Å². The fourth-order valence-electron chi connectivity index (χ4n) is 2.63. The highest BCUT2D eigenvalue weighted by atomic mass is 35.5. The predicted octanol–water partition coefficient (Wildman–Crippen LogP) is 3.08. The predicted molar refractivity (Wildman–Crippen MR) is 82.8 cm³/mol. The van der Waals surface area contributed by atoms with Crippen LogP contribution in [0.1, 0.15) is 31.7 Å². The first kappa shape index (κ1) is 15.3. The summed E-state index contributed by atoms with van der Waals surface area (Å²) < 4.78 is 0. The molecule has 3 nitrogen and oxygen atoms in total. The summed E-state index contributed by atoms with van der Waals surface area (Å²) in [6.45, 7) is 5.63. The quantitative estimate of drug-likeness (QED) is 0.874. The molecule has 1 aromatic rings. The van der Waals surface area contributed by atoms with Gasteiger partial charge in [-0.05, 0) is 56.5 Å². The van der Waals surface area contributed by atoms with Crippen LogP contribution in [-0.4, -0.2) is 30.4 Å². The van der Waals surface area contributed by atoms with E-state index in [-0.39, 0.29) is 5.91 Å². The molecular formula is C16H23ClN2O. The lowest BCUT2D eigenvalue weighted by Crippen LogP contribution is -2.30. The van der Waals surface area contributed by atoms with E-state index < -0.39 is 0 Å². The van der Waals surface area contributed by atoms with Crippen LogP contribution < -0.4 is 5.32 Å². The van der Waals surface area contributed by atoms with E-state index in [4.69, 9.17) is 11.6 Å². The second kappa shape index (κ2) is 7.65. The van der Waals surface area contributed by atoms with E-state index >= 15 is 0 Å². The number of nitrogens with one attached hydrogen (secondary N) is 1. The topological polar surface area (TPSA) is 32.3 Å². The molecule has 1 atom stereocenters. The Kier molecular flexibility index (Phi) is 5.86. The van der Waals surface area contributed by atoms with Gasteiger partial charge in [0.2, 0.25) is 5.91 Å². The maximum absolute atomic E-state index is 12.3. The van der Waals surface area contributed by atoms with E-state index in [0.717, 1.165) is 36.6 Å². The molecule has 1 heterocycles. The van der Waals surface area contributed by atoms with Gasteiger partial charge in [0.05, 0.1) is 0 Å². The molecule has 0 saturated carbocycles. The van der Waals surface area contributed by atoms with Gasteiger partial charge >= 0.3 is 0 Å². The van der Waals surface area contributed by atoms with Crippen molar-refractivity contribution in [3.8, 4) is 0 Å². The molecule has 0 spiro atoms. The molecule has 1 aliphatic heterocycles. The molecular weight excluding hydrogens is 272 g/mol. The van der Waals surface area contributed by atoms with Crippen LogP contribution in [0.4, 0.5) is 0 Å². The summed E-state index contributed by atoms with van der Waals surface area (Å²) in [6.07, 6.45) is 2.87. The van der Waals surface area contributed by atoms with Gasteiger partial charge in [0.25, 0.3) is 0 Å². The van der Waals surface area contributed by atoms with Crippen molar-refractivity contribution in [2.24, 2.45) is 5.92 Å². The van der Waals surface area contributed by atoms with Crippen LogP contribution in [-0.2, 0) is 11.3 Å². The van der Waals surface area contributed by atoms with Crippen molar-refractivity contribution in [2.75, 3.05) is 19.6 Å². The van der Waals surface area contributed by atoms with Crippen LogP contribution in [0.25, 0.3) is 0 Å². The summed E-state index contributed by atoms with van der Waals surface area (Å²) in [5.74, 6) is 0.933. The lowest BCUT2D eigenvalue weighted by molar-refractivity contribution is -0.131. The fraction of sp³-hybridized carbons (Fsp3) is 0.562. The SMILES string of the molecule is CCN(Cc1ccc(Cl)cc1)C(=O)CCC1CCNC1. The molecule has 0 radical (unpaired) electrons. The van der Waals surface area contributed by atoms with Crippen molar-refractivity contribution in [3.63, 3.8) is 0 Å². The van der Waals surface area contributed by atoms with Gasteiger partial charge in [0, 0.05) is 24.5 Å². The molecule has 110 valence electrons. The molecule has 4 heteroatoms. The maximum Gasteiger partial charge on any atom is 0.222 e. The molecule has 1 aliphatic rings. The molecule has 2 rings (SSSR count). The van der Waals surface area contributed by atoms with E-state index in [1.807, 2.05) is 36.1 Å². The first-order chi connectivity index (χ1) is 9.69. The zero-order valence-electron chi connectivity index (χ0n) is 12.1. The first-order valence-corrected chi connectivity index (χ1v) is 7.79. The van der Waals surface area contributed by atoms with Crippen LogP contribution in [0.3, 0.4) is 0 Å². The number of hydrogen-bond donors (Lipinski definition) is 1. The van der Waals surface area contributed by atoms with E-state index in [1.54, 1.807) is 0 Å². The van der Waals surface area contributed by atoms with Gasteiger partial charge in [0.15, 0.2) is 0 Å². The second-order valence-corrected chi connectivity index (χ2v) is 5.87. The number of carbonyl (C=O) groups is 1. The molecule has 1 amide bonds. The highest BCUT2D eigenvalue weighted by Crippen LogP contribution is 2.16. The molecule has 1 saturated heterocycles. The summed E-state index contributed by atoms with van der Waals surface area (Å²) in [4.78, 5) is 14.2. The van der Waals surface area contributed by atoms with Crippen LogP contribution in [0.2, 0.25) is 5.02 Å². The number of halogens is 1. The average Bonchev–Trinajstić information content (AvgIpc) is 2.97. The van der Waals surface area contributed by atoms with E-state index in [9.17, 15) is 4.79 Å². The number of carbonyl (C=O) groups excluding carboxylic acids is 1. The standard InChI is InChI=1S/C16H23ClN2O/c1-2-19(12-14-3-6-15(17)7-4-14)16(20)8-5-13-9-10-18-11-13/h3-4,6-7,13,18H,2,5,8-12H2,1H3. The number of nitrogens with zero attached hydrogens (tertiary/aromatic N) is 1. The Bertz CT molecular complexity index is 427. The zero-order valence-corrected chi connectivity index (χ0v) is 12.8. The maximum atomic E-state index is 12.3. The van der Waals surface area contributed by atoms with Crippen molar-refractivity contribution in [2.45, 2.75) is 32.7 Å².